The van der Waals surface area contributed by atoms with Crippen molar-refractivity contribution < 1.29 is 4.74 Å². The largest absolute Gasteiger partial charge is 0.494 e. The first-order valence-electron chi connectivity index (χ1n) is 8.43. The molecule has 2 rings (SSSR count). The van der Waals surface area contributed by atoms with Crippen molar-refractivity contribution in [3.05, 3.63) is 29.8 Å². The average molecular weight is 290 g/mol. The summed E-state index contributed by atoms with van der Waals surface area (Å²) in [6.07, 6.45) is 5.01. The molecular formula is C18H30N2O. The molecule has 0 aliphatic carbocycles. The van der Waals surface area contributed by atoms with E-state index < -0.39 is 0 Å². The predicted molar refractivity (Wildman–Crippen MR) is 88.6 cm³/mol. The third kappa shape index (κ3) is 5.01. The predicted octanol–water partition coefficient (Wildman–Crippen LogP) is 3.60. The molecule has 0 aromatic heterocycles. The van der Waals surface area contributed by atoms with Gasteiger partial charge in [0.2, 0.25) is 0 Å². The molecule has 0 bridgehead atoms. The van der Waals surface area contributed by atoms with Gasteiger partial charge in [0.05, 0.1) is 6.61 Å². The second kappa shape index (κ2) is 8.40. The molecule has 0 radical (unpaired) electrons. The van der Waals surface area contributed by atoms with Crippen molar-refractivity contribution in [2.24, 2.45) is 11.7 Å². The lowest BCUT2D eigenvalue weighted by atomic mass is 9.94. The molecule has 1 atom stereocenters. The van der Waals surface area contributed by atoms with Crippen molar-refractivity contribution in [2.75, 3.05) is 26.2 Å². The Labute approximate surface area is 129 Å². The smallest absolute Gasteiger partial charge is 0.119 e. The van der Waals surface area contributed by atoms with Crippen LogP contribution in [0.15, 0.2) is 24.3 Å². The first-order chi connectivity index (χ1) is 10.2. The minimum atomic E-state index is 0.100. The highest BCUT2D eigenvalue weighted by atomic mass is 16.5. The van der Waals surface area contributed by atoms with E-state index in [9.17, 15) is 0 Å². The molecule has 0 saturated carbocycles. The van der Waals surface area contributed by atoms with Crippen molar-refractivity contribution in [3.63, 3.8) is 0 Å². The Morgan fingerprint density at radius 3 is 2.43 bits per heavy atom. The summed E-state index contributed by atoms with van der Waals surface area (Å²) in [5, 5.41) is 0. The highest BCUT2D eigenvalue weighted by Crippen LogP contribution is 2.22. The Hall–Kier alpha value is -1.06. The van der Waals surface area contributed by atoms with Crippen molar-refractivity contribution >= 4 is 0 Å². The van der Waals surface area contributed by atoms with E-state index in [1.165, 1.54) is 37.9 Å². The molecule has 1 saturated heterocycles. The fourth-order valence-electron chi connectivity index (χ4n) is 2.99. The number of piperidine rings is 1. The fourth-order valence-corrected chi connectivity index (χ4v) is 2.99. The lowest BCUT2D eigenvalue weighted by molar-refractivity contribution is 0.173. The SMILES string of the molecule is CCCOc1ccc(C(N)CN2CCC(CC)CC2)cc1. The van der Waals surface area contributed by atoms with Gasteiger partial charge in [-0.25, -0.2) is 0 Å². The molecule has 1 aromatic rings. The summed E-state index contributed by atoms with van der Waals surface area (Å²) in [5.41, 5.74) is 7.57. The van der Waals surface area contributed by atoms with Gasteiger partial charge in [0, 0.05) is 12.6 Å². The van der Waals surface area contributed by atoms with E-state index in [1.54, 1.807) is 0 Å². The van der Waals surface area contributed by atoms with Crippen LogP contribution in [0.5, 0.6) is 5.75 Å². The number of hydrogen-bond donors (Lipinski definition) is 1. The molecule has 1 fully saturated rings. The summed E-state index contributed by atoms with van der Waals surface area (Å²) < 4.78 is 5.61. The number of nitrogens with two attached hydrogens (primary N) is 1. The first-order valence-corrected chi connectivity index (χ1v) is 8.43. The Morgan fingerprint density at radius 1 is 1.19 bits per heavy atom. The van der Waals surface area contributed by atoms with Gasteiger partial charge in [-0.3, -0.25) is 0 Å². The van der Waals surface area contributed by atoms with E-state index in [0.717, 1.165) is 31.2 Å². The number of likely N-dealkylation sites (tertiary alicyclic amines) is 1. The molecule has 1 aliphatic heterocycles. The monoisotopic (exact) mass is 290 g/mol. The maximum atomic E-state index is 6.36. The van der Waals surface area contributed by atoms with Crippen LogP contribution in [0.4, 0.5) is 0 Å². The van der Waals surface area contributed by atoms with Crippen molar-refractivity contribution in [1.29, 1.82) is 0 Å². The van der Waals surface area contributed by atoms with Crippen molar-refractivity contribution in [3.8, 4) is 5.75 Å². The van der Waals surface area contributed by atoms with Gasteiger partial charge in [0.25, 0.3) is 0 Å². The van der Waals surface area contributed by atoms with Crippen LogP contribution in [0, 0.1) is 5.92 Å². The highest BCUT2D eigenvalue weighted by Gasteiger charge is 2.19. The Morgan fingerprint density at radius 2 is 1.86 bits per heavy atom. The van der Waals surface area contributed by atoms with Gasteiger partial charge >= 0.3 is 0 Å². The van der Waals surface area contributed by atoms with Gasteiger partial charge in [-0.05, 0) is 56.0 Å². The second-order valence-electron chi connectivity index (χ2n) is 6.18. The maximum absolute atomic E-state index is 6.36. The van der Waals surface area contributed by atoms with Gasteiger partial charge in [0.1, 0.15) is 5.75 Å². The average Bonchev–Trinajstić information content (AvgIpc) is 2.54. The highest BCUT2D eigenvalue weighted by molar-refractivity contribution is 5.29. The van der Waals surface area contributed by atoms with Crippen LogP contribution in [0.25, 0.3) is 0 Å². The standard InChI is InChI=1S/C18H30N2O/c1-3-13-21-17-7-5-16(6-8-17)18(19)14-20-11-9-15(4-2)10-12-20/h5-8,15,18H,3-4,9-14,19H2,1-2H3. The lowest BCUT2D eigenvalue weighted by Crippen LogP contribution is -2.38. The van der Waals surface area contributed by atoms with Crippen LogP contribution >= 0.6 is 0 Å². The minimum absolute atomic E-state index is 0.100. The molecule has 1 heterocycles. The Kier molecular flexibility index (Phi) is 6.52. The van der Waals surface area contributed by atoms with Gasteiger partial charge in [-0.2, -0.15) is 0 Å². The zero-order valence-corrected chi connectivity index (χ0v) is 13.6. The Bertz CT molecular complexity index is 396. The third-order valence-electron chi connectivity index (χ3n) is 4.52. The molecule has 118 valence electrons. The molecule has 2 N–H and O–H groups in total. The quantitative estimate of drug-likeness (QED) is 0.834. The summed E-state index contributed by atoms with van der Waals surface area (Å²) in [7, 11) is 0. The van der Waals surface area contributed by atoms with E-state index in [0.29, 0.717) is 0 Å². The van der Waals surface area contributed by atoms with Crippen LogP contribution in [0.2, 0.25) is 0 Å². The summed E-state index contributed by atoms with van der Waals surface area (Å²) in [5.74, 6) is 1.86. The molecule has 0 amide bonds. The summed E-state index contributed by atoms with van der Waals surface area (Å²) in [6, 6.07) is 8.38. The van der Waals surface area contributed by atoms with E-state index in [1.807, 2.05) is 12.1 Å². The number of hydrogen-bond acceptors (Lipinski definition) is 3. The van der Waals surface area contributed by atoms with Gasteiger partial charge in [-0.1, -0.05) is 32.4 Å². The van der Waals surface area contributed by atoms with Gasteiger partial charge in [0.15, 0.2) is 0 Å². The summed E-state index contributed by atoms with van der Waals surface area (Å²) in [6.45, 7) is 8.55. The van der Waals surface area contributed by atoms with Crippen LogP contribution in [-0.2, 0) is 0 Å². The van der Waals surface area contributed by atoms with Crippen molar-refractivity contribution in [1.82, 2.24) is 4.90 Å². The number of rotatable bonds is 7. The summed E-state index contributed by atoms with van der Waals surface area (Å²) in [4.78, 5) is 2.51. The molecular weight excluding hydrogens is 260 g/mol. The van der Waals surface area contributed by atoms with Crippen LogP contribution < -0.4 is 10.5 Å². The minimum Gasteiger partial charge on any atom is -0.494 e. The van der Waals surface area contributed by atoms with E-state index >= 15 is 0 Å². The fraction of sp³-hybridized carbons (Fsp3) is 0.667. The molecule has 1 aliphatic rings. The van der Waals surface area contributed by atoms with Crippen LogP contribution in [0.3, 0.4) is 0 Å². The zero-order chi connectivity index (χ0) is 15.1. The van der Waals surface area contributed by atoms with Crippen LogP contribution in [-0.4, -0.2) is 31.1 Å². The summed E-state index contributed by atoms with van der Waals surface area (Å²) >= 11 is 0. The molecule has 21 heavy (non-hydrogen) atoms. The van der Waals surface area contributed by atoms with Gasteiger partial charge < -0.3 is 15.4 Å². The normalized spacial score (nSPS) is 18.6. The Balaban J connectivity index is 1.81. The first kappa shape index (κ1) is 16.3. The molecule has 3 nitrogen and oxygen atoms in total. The van der Waals surface area contributed by atoms with E-state index in [4.69, 9.17) is 10.5 Å². The molecule has 0 spiro atoms. The lowest BCUT2D eigenvalue weighted by Gasteiger charge is -2.33. The van der Waals surface area contributed by atoms with E-state index in [-0.39, 0.29) is 6.04 Å². The van der Waals surface area contributed by atoms with E-state index in [2.05, 4.69) is 30.9 Å². The number of benzene rings is 1. The van der Waals surface area contributed by atoms with Crippen LogP contribution in [0.1, 0.15) is 51.1 Å². The number of ether oxygens (including phenoxy) is 1. The number of nitrogens with zero attached hydrogens (tertiary/aromatic N) is 1. The molecule has 1 aromatic carbocycles. The topological polar surface area (TPSA) is 38.5 Å². The molecule has 3 heteroatoms. The van der Waals surface area contributed by atoms with Crippen molar-refractivity contribution in [2.45, 2.75) is 45.6 Å². The maximum Gasteiger partial charge on any atom is 0.119 e. The second-order valence-corrected chi connectivity index (χ2v) is 6.18. The molecule has 1 unspecified atom stereocenters. The zero-order valence-electron chi connectivity index (χ0n) is 13.6. The third-order valence-corrected chi connectivity index (χ3v) is 4.52. The van der Waals surface area contributed by atoms with Gasteiger partial charge in [-0.15, -0.1) is 0 Å².